The van der Waals surface area contributed by atoms with Gasteiger partial charge in [0.05, 0.1) is 13.1 Å². The summed E-state index contributed by atoms with van der Waals surface area (Å²) in [5, 5.41) is 22.9. The quantitative estimate of drug-likeness (QED) is 0.382. The van der Waals surface area contributed by atoms with Crippen molar-refractivity contribution in [2.24, 2.45) is 4.99 Å². The molecule has 0 radical (unpaired) electrons. The Bertz CT molecular complexity index is 726. The molecule has 0 fully saturated rings. The highest BCUT2D eigenvalue weighted by atomic mass is 32.1. The van der Waals surface area contributed by atoms with Gasteiger partial charge in [-0.3, -0.25) is 4.99 Å². The molecule has 1 aromatic carbocycles. The molecule has 1 aromatic heterocycles. The Kier molecular flexibility index (Phi) is 8.04. The Balaban J connectivity index is 1.96. The van der Waals surface area contributed by atoms with Gasteiger partial charge in [0.15, 0.2) is 5.96 Å². The van der Waals surface area contributed by atoms with E-state index in [0.717, 1.165) is 11.4 Å². The molecule has 0 amide bonds. The van der Waals surface area contributed by atoms with Gasteiger partial charge in [-0.1, -0.05) is 36.4 Å². The fourth-order valence-corrected chi connectivity index (χ4v) is 3.79. The second kappa shape index (κ2) is 10.0. The zero-order valence-corrected chi connectivity index (χ0v) is 18.4. The summed E-state index contributed by atoms with van der Waals surface area (Å²) in [6, 6.07) is 14.6. The van der Waals surface area contributed by atoms with Crippen LogP contribution in [0.5, 0.6) is 0 Å². The van der Waals surface area contributed by atoms with E-state index in [4.69, 9.17) is 4.99 Å². The third-order valence-electron chi connectivity index (χ3n) is 4.54. The topological polar surface area (TPSA) is 68.7 Å². The molecular weight excluding hydrogens is 368 g/mol. The maximum Gasteiger partial charge on any atom is 0.191 e. The van der Waals surface area contributed by atoms with E-state index in [-0.39, 0.29) is 11.6 Å². The molecule has 0 aliphatic carbocycles. The van der Waals surface area contributed by atoms with Crippen LogP contribution < -0.4 is 16.0 Å². The van der Waals surface area contributed by atoms with E-state index in [1.165, 1.54) is 5.56 Å². The average Bonchev–Trinajstić information content (AvgIpc) is 3.20. The van der Waals surface area contributed by atoms with Gasteiger partial charge >= 0.3 is 0 Å². The highest BCUT2D eigenvalue weighted by Gasteiger charge is 2.25. The number of guanidine groups is 1. The molecule has 2 rings (SSSR count). The molecule has 6 heteroatoms. The summed E-state index contributed by atoms with van der Waals surface area (Å²) < 4.78 is 0. The molecule has 28 heavy (non-hydrogen) atoms. The van der Waals surface area contributed by atoms with Gasteiger partial charge in [-0.25, -0.2) is 0 Å². The fourth-order valence-electron chi connectivity index (χ4n) is 3.00. The van der Waals surface area contributed by atoms with Crippen LogP contribution >= 0.6 is 11.3 Å². The number of benzene rings is 1. The number of thiophene rings is 1. The third-order valence-corrected chi connectivity index (χ3v) is 5.66. The second-order valence-electron chi connectivity index (χ2n) is 7.96. The number of nitrogens with zero attached hydrogens (tertiary/aromatic N) is 1. The lowest BCUT2D eigenvalue weighted by atomic mass is 10.0. The zero-order chi connectivity index (χ0) is 20.6. The van der Waals surface area contributed by atoms with E-state index in [2.05, 4.69) is 61.0 Å². The molecular formula is C22H34N4OS. The summed E-state index contributed by atoms with van der Waals surface area (Å²) in [6.07, 6.45) is 0. The maximum atomic E-state index is 10.7. The van der Waals surface area contributed by atoms with Gasteiger partial charge in [0.2, 0.25) is 0 Å². The van der Waals surface area contributed by atoms with Crippen LogP contribution in [0, 0.1) is 0 Å². The van der Waals surface area contributed by atoms with Crippen molar-refractivity contribution in [2.75, 3.05) is 19.6 Å². The molecule has 154 valence electrons. The number of aliphatic hydroxyl groups is 1. The Morgan fingerprint density at radius 1 is 1.11 bits per heavy atom. The van der Waals surface area contributed by atoms with E-state index in [1.807, 2.05) is 37.4 Å². The molecule has 5 nitrogen and oxygen atoms in total. The molecule has 0 aliphatic heterocycles. The predicted octanol–water partition coefficient (Wildman–Crippen LogP) is 3.64. The van der Waals surface area contributed by atoms with E-state index >= 15 is 0 Å². The standard InChI is InChI=1S/C22H34N4OS/c1-6-23-20(25-16-22(5,27)19-13-10-14-28-19)24-15-21(3,4)26-17(2)18-11-8-7-9-12-18/h7-14,17,26-27H,6,15-16H2,1-5H3,(H2,23,24,25). The van der Waals surface area contributed by atoms with Gasteiger partial charge in [0.1, 0.15) is 5.60 Å². The summed E-state index contributed by atoms with van der Waals surface area (Å²) in [6.45, 7) is 12.1. The molecule has 0 saturated carbocycles. The van der Waals surface area contributed by atoms with Crippen LogP contribution in [-0.2, 0) is 5.60 Å². The highest BCUT2D eigenvalue weighted by Crippen LogP contribution is 2.24. The Morgan fingerprint density at radius 2 is 1.82 bits per heavy atom. The lowest BCUT2D eigenvalue weighted by molar-refractivity contribution is 0.0655. The van der Waals surface area contributed by atoms with E-state index in [9.17, 15) is 5.11 Å². The second-order valence-corrected chi connectivity index (χ2v) is 8.91. The van der Waals surface area contributed by atoms with Gasteiger partial charge in [-0.2, -0.15) is 0 Å². The monoisotopic (exact) mass is 402 g/mol. The normalized spacial score (nSPS) is 15.7. The molecule has 0 bridgehead atoms. The van der Waals surface area contributed by atoms with Gasteiger partial charge in [0, 0.05) is 23.0 Å². The van der Waals surface area contributed by atoms with Crippen LogP contribution in [0.4, 0.5) is 0 Å². The first-order valence-electron chi connectivity index (χ1n) is 9.85. The minimum absolute atomic E-state index is 0.173. The van der Waals surface area contributed by atoms with Crippen molar-refractivity contribution in [1.82, 2.24) is 16.0 Å². The van der Waals surface area contributed by atoms with Crippen molar-refractivity contribution in [3.05, 3.63) is 58.3 Å². The summed E-state index contributed by atoms with van der Waals surface area (Å²) in [5.74, 6) is 0.710. The van der Waals surface area contributed by atoms with Crippen molar-refractivity contribution in [2.45, 2.75) is 51.8 Å². The van der Waals surface area contributed by atoms with Crippen LogP contribution in [0.15, 0.2) is 52.8 Å². The predicted molar refractivity (Wildman–Crippen MR) is 120 cm³/mol. The van der Waals surface area contributed by atoms with Crippen molar-refractivity contribution in [3.8, 4) is 0 Å². The van der Waals surface area contributed by atoms with Crippen LogP contribution in [0.3, 0.4) is 0 Å². The van der Waals surface area contributed by atoms with Gasteiger partial charge in [0.25, 0.3) is 0 Å². The largest absolute Gasteiger partial charge is 0.383 e. The average molecular weight is 403 g/mol. The number of rotatable bonds is 9. The van der Waals surface area contributed by atoms with E-state index in [1.54, 1.807) is 11.3 Å². The third kappa shape index (κ3) is 6.93. The minimum Gasteiger partial charge on any atom is -0.383 e. The van der Waals surface area contributed by atoms with Crippen LogP contribution in [0.25, 0.3) is 0 Å². The smallest absolute Gasteiger partial charge is 0.191 e. The zero-order valence-electron chi connectivity index (χ0n) is 17.6. The van der Waals surface area contributed by atoms with E-state index < -0.39 is 5.60 Å². The Morgan fingerprint density at radius 3 is 2.43 bits per heavy atom. The maximum absolute atomic E-state index is 10.7. The lowest BCUT2D eigenvalue weighted by Crippen LogP contribution is -2.47. The molecule has 2 aromatic rings. The first-order chi connectivity index (χ1) is 13.2. The fraction of sp³-hybridized carbons (Fsp3) is 0.500. The molecule has 2 unspecified atom stereocenters. The molecule has 0 saturated heterocycles. The molecule has 1 heterocycles. The van der Waals surface area contributed by atoms with E-state index in [0.29, 0.717) is 19.0 Å². The van der Waals surface area contributed by atoms with Gasteiger partial charge < -0.3 is 21.1 Å². The minimum atomic E-state index is -0.931. The number of hydrogen-bond acceptors (Lipinski definition) is 4. The first-order valence-corrected chi connectivity index (χ1v) is 10.7. The number of hydrogen-bond donors (Lipinski definition) is 4. The summed E-state index contributed by atoms with van der Waals surface area (Å²) in [4.78, 5) is 5.68. The van der Waals surface area contributed by atoms with Crippen molar-refractivity contribution >= 4 is 17.3 Å². The van der Waals surface area contributed by atoms with Crippen molar-refractivity contribution in [3.63, 3.8) is 0 Å². The van der Waals surface area contributed by atoms with Crippen LogP contribution in [0.1, 0.15) is 51.1 Å². The Hall–Kier alpha value is -1.89. The van der Waals surface area contributed by atoms with Gasteiger partial charge in [-0.05, 0) is 51.6 Å². The molecule has 4 N–H and O–H groups in total. The van der Waals surface area contributed by atoms with Crippen molar-refractivity contribution in [1.29, 1.82) is 0 Å². The Labute approximate surface area is 173 Å². The van der Waals surface area contributed by atoms with Crippen molar-refractivity contribution < 1.29 is 5.11 Å². The highest BCUT2D eigenvalue weighted by molar-refractivity contribution is 7.10. The molecule has 2 atom stereocenters. The number of nitrogens with one attached hydrogen (secondary N) is 3. The summed E-state index contributed by atoms with van der Waals surface area (Å²) >= 11 is 1.56. The van der Waals surface area contributed by atoms with Crippen LogP contribution in [-0.4, -0.2) is 36.2 Å². The molecule has 0 aliphatic rings. The molecule has 0 spiro atoms. The summed E-state index contributed by atoms with van der Waals surface area (Å²) in [5.41, 5.74) is 0.157. The first kappa shape index (κ1) is 22.4. The van der Waals surface area contributed by atoms with Crippen LogP contribution in [0.2, 0.25) is 0 Å². The lowest BCUT2D eigenvalue weighted by Gasteiger charge is -2.30. The van der Waals surface area contributed by atoms with Gasteiger partial charge in [-0.15, -0.1) is 11.3 Å². The SMILES string of the molecule is CCNC(=NCC(C)(C)NC(C)c1ccccc1)NCC(C)(O)c1cccs1. The summed E-state index contributed by atoms with van der Waals surface area (Å²) in [7, 11) is 0. The number of aliphatic imine (C=N–C) groups is 1.